The summed E-state index contributed by atoms with van der Waals surface area (Å²) in [5, 5.41) is 3.39. The normalized spacial score (nSPS) is 10.3. The van der Waals surface area contributed by atoms with Crippen molar-refractivity contribution >= 4 is 22.9 Å². The van der Waals surface area contributed by atoms with E-state index in [1.807, 2.05) is 19.1 Å². The number of rotatable bonds is 8. The molecule has 0 aromatic heterocycles. The minimum Gasteiger partial charge on any atom is -0.389 e. The highest BCUT2D eigenvalue weighted by atomic mass is 32.1. The highest BCUT2D eigenvalue weighted by Gasteiger charge is 2.04. The van der Waals surface area contributed by atoms with Crippen molar-refractivity contribution in [2.45, 2.75) is 26.2 Å². The van der Waals surface area contributed by atoms with Crippen molar-refractivity contribution < 1.29 is 4.74 Å². The largest absolute Gasteiger partial charge is 0.389 e. The van der Waals surface area contributed by atoms with E-state index < -0.39 is 0 Å². The quantitative estimate of drug-likeness (QED) is 0.561. The lowest BCUT2D eigenvalue weighted by Crippen LogP contribution is -2.14. The molecule has 3 nitrogen and oxygen atoms in total. The molecular weight excluding hydrogens is 244 g/mol. The zero-order valence-electron chi connectivity index (χ0n) is 11.2. The van der Waals surface area contributed by atoms with Crippen molar-refractivity contribution in [1.82, 2.24) is 0 Å². The number of methoxy groups -OCH3 is 1. The minimum absolute atomic E-state index is 0.445. The molecule has 1 rings (SSSR count). The van der Waals surface area contributed by atoms with Crippen LogP contribution in [-0.4, -0.2) is 25.2 Å². The van der Waals surface area contributed by atoms with E-state index in [4.69, 9.17) is 22.7 Å². The van der Waals surface area contributed by atoms with Crippen molar-refractivity contribution in [1.29, 1.82) is 0 Å². The third kappa shape index (κ3) is 5.02. The van der Waals surface area contributed by atoms with Crippen LogP contribution in [0.1, 0.15) is 30.4 Å². The summed E-state index contributed by atoms with van der Waals surface area (Å²) in [7, 11) is 1.74. The number of anilines is 1. The van der Waals surface area contributed by atoms with Crippen LogP contribution in [0, 0.1) is 6.92 Å². The smallest absolute Gasteiger partial charge is 0.106 e. The van der Waals surface area contributed by atoms with Gasteiger partial charge in [0.05, 0.1) is 0 Å². The van der Waals surface area contributed by atoms with Crippen molar-refractivity contribution in [2.24, 2.45) is 5.73 Å². The molecule has 0 atom stereocenters. The fraction of sp³-hybridized carbons (Fsp3) is 0.500. The highest BCUT2D eigenvalue weighted by Crippen LogP contribution is 2.17. The summed E-state index contributed by atoms with van der Waals surface area (Å²) >= 11 is 5.07. The predicted molar refractivity (Wildman–Crippen MR) is 81.3 cm³/mol. The van der Waals surface area contributed by atoms with Gasteiger partial charge in [-0.1, -0.05) is 23.8 Å². The first-order valence-corrected chi connectivity index (χ1v) is 6.69. The summed E-state index contributed by atoms with van der Waals surface area (Å²) in [6.45, 7) is 3.81. The van der Waals surface area contributed by atoms with E-state index in [2.05, 4.69) is 11.4 Å². The number of aryl methyl sites for hydroxylation is 1. The van der Waals surface area contributed by atoms with Crippen LogP contribution in [0.25, 0.3) is 0 Å². The summed E-state index contributed by atoms with van der Waals surface area (Å²) in [6, 6.07) is 6.13. The van der Waals surface area contributed by atoms with Gasteiger partial charge in [0.1, 0.15) is 4.99 Å². The van der Waals surface area contributed by atoms with E-state index in [0.717, 1.165) is 43.7 Å². The Morgan fingerprint density at radius 3 is 2.78 bits per heavy atom. The molecule has 0 fully saturated rings. The molecule has 3 N–H and O–H groups in total. The van der Waals surface area contributed by atoms with Crippen LogP contribution in [-0.2, 0) is 4.74 Å². The Bertz CT molecular complexity index is 393. The third-order valence-corrected chi connectivity index (χ3v) is 3.00. The number of hydrogen-bond acceptors (Lipinski definition) is 3. The molecule has 0 unspecified atom stereocenters. The summed E-state index contributed by atoms with van der Waals surface area (Å²) in [4.78, 5) is 0.445. The van der Waals surface area contributed by atoms with Crippen molar-refractivity contribution in [3.05, 3.63) is 29.3 Å². The number of nitrogens with two attached hydrogens (primary N) is 1. The number of nitrogens with one attached hydrogen (secondary N) is 1. The summed E-state index contributed by atoms with van der Waals surface area (Å²) in [6.07, 6.45) is 3.39. The zero-order chi connectivity index (χ0) is 13.4. The zero-order valence-corrected chi connectivity index (χ0v) is 12.0. The average molecular weight is 266 g/mol. The Kier molecular flexibility index (Phi) is 6.68. The molecule has 0 saturated carbocycles. The highest BCUT2D eigenvalue weighted by molar-refractivity contribution is 7.80. The van der Waals surface area contributed by atoms with Crippen molar-refractivity contribution in [3.63, 3.8) is 0 Å². The first-order chi connectivity index (χ1) is 8.65. The molecule has 0 heterocycles. The second-order valence-corrected chi connectivity index (χ2v) is 4.83. The van der Waals surface area contributed by atoms with E-state index >= 15 is 0 Å². The molecule has 100 valence electrons. The van der Waals surface area contributed by atoms with Crippen molar-refractivity contribution in [3.8, 4) is 0 Å². The molecule has 18 heavy (non-hydrogen) atoms. The van der Waals surface area contributed by atoms with E-state index in [9.17, 15) is 0 Å². The predicted octanol–water partition coefficient (Wildman–Crippen LogP) is 2.86. The van der Waals surface area contributed by atoms with Gasteiger partial charge in [0.2, 0.25) is 0 Å². The van der Waals surface area contributed by atoms with Gasteiger partial charge >= 0.3 is 0 Å². The van der Waals surface area contributed by atoms with Crippen LogP contribution in [0.5, 0.6) is 0 Å². The first-order valence-electron chi connectivity index (χ1n) is 6.28. The lowest BCUT2D eigenvalue weighted by molar-refractivity contribution is 0.192. The molecule has 1 aromatic rings. The van der Waals surface area contributed by atoms with E-state index in [-0.39, 0.29) is 0 Å². The van der Waals surface area contributed by atoms with Gasteiger partial charge in [0.25, 0.3) is 0 Å². The number of unbranched alkanes of at least 4 members (excludes halogenated alkanes) is 2. The fourth-order valence-electron chi connectivity index (χ4n) is 1.79. The van der Waals surface area contributed by atoms with Crippen LogP contribution in [0.3, 0.4) is 0 Å². The lowest BCUT2D eigenvalue weighted by Gasteiger charge is -2.12. The lowest BCUT2D eigenvalue weighted by atomic mass is 10.1. The monoisotopic (exact) mass is 266 g/mol. The fourth-order valence-corrected chi connectivity index (χ4v) is 1.96. The van der Waals surface area contributed by atoms with Crippen LogP contribution in [0.2, 0.25) is 0 Å². The van der Waals surface area contributed by atoms with Crippen molar-refractivity contribution in [2.75, 3.05) is 25.6 Å². The molecule has 0 amide bonds. The third-order valence-electron chi connectivity index (χ3n) is 2.78. The maximum atomic E-state index is 5.73. The molecule has 0 aliphatic rings. The molecule has 0 radical (unpaired) electrons. The van der Waals surface area contributed by atoms with Gasteiger partial charge in [0, 0.05) is 31.5 Å². The average Bonchev–Trinajstić information content (AvgIpc) is 2.35. The molecule has 0 saturated heterocycles. The number of thiocarbonyl (C=S) groups is 1. The topological polar surface area (TPSA) is 47.3 Å². The number of benzene rings is 1. The maximum Gasteiger partial charge on any atom is 0.106 e. The number of ether oxygens (including phenoxy) is 1. The summed E-state index contributed by atoms with van der Waals surface area (Å²) < 4.78 is 5.02. The van der Waals surface area contributed by atoms with Gasteiger partial charge < -0.3 is 15.8 Å². The van der Waals surface area contributed by atoms with Crippen LogP contribution < -0.4 is 11.1 Å². The molecule has 0 aliphatic heterocycles. The molecule has 0 aliphatic carbocycles. The summed E-state index contributed by atoms with van der Waals surface area (Å²) in [5.74, 6) is 0. The summed E-state index contributed by atoms with van der Waals surface area (Å²) in [5.41, 5.74) is 8.86. The Balaban J connectivity index is 2.44. The second-order valence-electron chi connectivity index (χ2n) is 4.39. The van der Waals surface area contributed by atoms with Gasteiger partial charge in [0.15, 0.2) is 0 Å². The Labute approximate surface area is 115 Å². The molecule has 0 bridgehead atoms. The van der Waals surface area contributed by atoms with Crippen LogP contribution >= 0.6 is 12.2 Å². The van der Waals surface area contributed by atoms with E-state index in [1.54, 1.807) is 7.11 Å². The maximum absolute atomic E-state index is 5.73. The van der Waals surface area contributed by atoms with Gasteiger partial charge in [-0.25, -0.2) is 0 Å². The molecule has 1 aromatic carbocycles. The molecule has 0 spiro atoms. The van der Waals surface area contributed by atoms with Gasteiger partial charge in [-0.15, -0.1) is 0 Å². The molecule has 4 heteroatoms. The van der Waals surface area contributed by atoms with Gasteiger partial charge in [-0.3, -0.25) is 0 Å². The standard InChI is InChI=1S/C14H22N2OS/c1-11-6-7-13(12(10-11)14(15)18)16-8-4-3-5-9-17-2/h6-7,10,16H,3-5,8-9H2,1-2H3,(H2,15,18). The van der Waals surface area contributed by atoms with E-state index in [0.29, 0.717) is 4.99 Å². The minimum atomic E-state index is 0.445. The Morgan fingerprint density at radius 1 is 1.33 bits per heavy atom. The van der Waals surface area contributed by atoms with Gasteiger partial charge in [-0.05, 0) is 38.3 Å². The second kappa shape index (κ2) is 8.06. The molecular formula is C14H22N2OS. The van der Waals surface area contributed by atoms with Gasteiger partial charge in [-0.2, -0.15) is 0 Å². The van der Waals surface area contributed by atoms with Crippen LogP contribution in [0.4, 0.5) is 5.69 Å². The Hall–Kier alpha value is -1.13. The SMILES string of the molecule is COCCCCCNc1ccc(C)cc1C(N)=S. The number of hydrogen-bond donors (Lipinski definition) is 2. The first kappa shape index (κ1) is 14.9. The van der Waals surface area contributed by atoms with E-state index in [1.165, 1.54) is 5.56 Å². The Morgan fingerprint density at radius 2 is 2.11 bits per heavy atom. The van der Waals surface area contributed by atoms with Crippen LogP contribution in [0.15, 0.2) is 18.2 Å².